The molecular formula is C19H27N5O3S. The van der Waals surface area contributed by atoms with E-state index in [2.05, 4.69) is 10.4 Å². The predicted octanol–water partition coefficient (Wildman–Crippen LogP) is 1.09. The Labute approximate surface area is 166 Å². The van der Waals surface area contributed by atoms with E-state index in [-0.39, 0.29) is 16.8 Å². The number of hydrogen-bond donors (Lipinski definition) is 1. The van der Waals surface area contributed by atoms with Gasteiger partial charge in [0.1, 0.15) is 4.90 Å². The second kappa shape index (κ2) is 8.85. The fourth-order valence-electron chi connectivity index (χ4n) is 3.06. The van der Waals surface area contributed by atoms with Crippen molar-refractivity contribution in [2.75, 3.05) is 32.7 Å². The zero-order chi connectivity index (χ0) is 20.1. The van der Waals surface area contributed by atoms with Crippen LogP contribution in [0.25, 0.3) is 5.69 Å². The Morgan fingerprint density at radius 2 is 1.86 bits per heavy atom. The molecule has 0 bridgehead atoms. The Hall–Kier alpha value is -2.23. The van der Waals surface area contributed by atoms with Crippen molar-refractivity contribution < 1.29 is 13.2 Å². The molecule has 1 aliphatic heterocycles. The third-order valence-corrected chi connectivity index (χ3v) is 6.79. The van der Waals surface area contributed by atoms with Crippen molar-refractivity contribution >= 4 is 15.9 Å². The average molecular weight is 406 g/mol. The Morgan fingerprint density at radius 3 is 2.50 bits per heavy atom. The highest BCUT2D eigenvalue weighted by Gasteiger charge is 2.30. The highest BCUT2D eigenvalue weighted by molar-refractivity contribution is 7.89. The lowest BCUT2D eigenvalue weighted by Gasteiger charge is -2.33. The SMILES string of the molecule is CCC(C)NC(=O)CN1CCN(S(=O)(=O)c2cnn(-c3ccccc3)c2)CC1. The second-order valence-electron chi connectivity index (χ2n) is 7.01. The molecule has 2 aromatic rings. The van der Waals surface area contributed by atoms with Gasteiger partial charge in [-0.2, -0.15) is 9.40 Å². The summed E-state index contributed by atoms with van der Waals surface area (Å²) in [4.78, 5) is 14.2. The number of piperazine rings is 1. The summed E-state index contributed by atoms with van der Waals surface area (Å²) in [6.07, 6.45) is 3.80. The summed E-state index contributed by atoms with van der Waals surface area (Å²) in [7, 11) is -3.60. The van der Waals surface area contributed by atoms with Crippen molar-refractivity contribution in [3.63, 3.8) is 0 Å². The fourth-order valence-corrected chi connectivity index (χ4v) is 4.42. The van der Waals surface area contributed by atoms with Gasteiger partial charge >= 0.3 is 0 Å². The minimum absolute atomic E-state index is 0.0187. The molecule has 0 spiro atoms. The summed E-state index contributed by atoms with van der Waals surface area (Å²) in [5.74, 6) is -0.0187. The van der Waals surface area contributed by atoms with Crippen LogP contribution in [0.5, 0.6) is 0 Å². The van der Waals surface area contributed by atoms with Crippen molar-refractivity contribution in [3.05, 3.63) is 42.7 Å². The van der Waals surface area contributed by atoms with Gasteiger partial charge in [0.15, 0.2) is 0 Å². The molecule has 152 valence electrons. The minimum atomic E-state index is -3.60. The van der Waals surface area contributed by atoms with Gasteiger partial charge < -0.3 is 5.32 Å². The number of aromatic nitrogens is 2. The van der Waals surface area contributed by atoms with Crippen LogP contribution in [0, 0.1) is 0 Å². The lowest BCUT2D eigenvalue weighted by atomic mass is 10.2. The summed E-state index contributed by atoms with van der Waals surface area (Å²) in [5.41, 5.74) is 0.807. The first-order valence-electron chi connectivity index (χ1n) is 9.52. The van der Waals surface area contributed by atoms with E-state index < -0.39 is 10.0 Å². The number of benzene rings is 1. The second-order valence-corrected chi connectivity index (χ2v) is 8.95. The van der Waals surface area contributed by atoms with Crippen LogP contribution >= 0.6 is 0 Å². The largest absolute Gasteiger partial charge is 0.353 e. The van der Waals surface area contributed by atoms with Gasteiger partial charge in [-0.25, -0.2) is 13.1 Å². The van der Waals surface area contributed by atoms with Crippen LogP contribution in [0.15, 0.2) is 47.6 Å². The predicted molar refractivity (Wildman–Crippen MR) is 107 cm³/mol. The first kappa shape index (κ1) is 20.5. The third kappa shape index (κ3) is 4.78. The molecular weight excluding hydrogens is 378 g/mol. The number of nitrogens with zero attached hydrogens (tertiary/aromatic N) is 4. The highest BCUT2D eigenvalue weighted by Crippen LogP contribution is 2.18. The molecule has 1 unspecified atom stereocenters. The zero-order valence-electron chi connectivity index (χ0n) is 16.3. The van der Waals surface area contributed by atoms with Crippen LogP contribution < -0.4 is 5.32 Å². The number of amides is 1. The van der Waals surface area contributed by atoms with Gasteiger partial charge in [0.05, 0.1) is 24.6 Å². The molecule has 1 saturated heterocycles. The molecule has 1 atom stereocenters. The normalized spacial score (nSPS) is 17.4. The van der Waals surface area contributed by atoms with Crippen LogP contribution in [0.1, 0.15) is 20.3 Å². The number of carbonyl (C=O) groups is 1. The summed E-state index contributed by atoms with van der Waals surface area (Å²) >= 11 is 0. The summed E-state index contributed by atoms with van der Waals surface area (Å²) in [5, 5.41) is 7.12. The standard InChI is InChI=1S/C19H27N5O3S/c1-3-16(2)21-19(25)15-22-9-11-23(12-10-22)28(26,27)18-13-20-24(14-18)17-7-5-4-6-8-17/h4-8,13-14,16H,3,9-12,15H2,1-2H3,(H,21,25). The van der Waals surface area contributed by atoms with E-state index in [1.165, 1.54) is 16.7 Å². The lowest BCUT2D eigenvalue weighted by Crippen LogP contribution is -2.51. The van der Waals surface area contributed by atoms with Crippen molar-refractivity contribution in [1.82, 2.24) is 24.3 Å². The van der Waals surface area contributed by atoms with E-state index >= 15 is 0 Å². The monoisotopic (exact) mass is 405 g/mol. The molecule has 9 heteroatoms. The van der Waals surface area contributed by atoms with Gasteiger partial charge in [-0.05, 0) is 25.5 Å². The fraction of sp³-hybridized carbons (Fsp3) is 0.474. The molecule has 0 saturated carbocycles. The summed E-state index contributed by atoms with van der Waals surface area (Å²) < 4.78 is 28.9. The maximum Gasteiger partial charge on any atom is 0.246 e. The molecule has 1 aromatic heterocycles. The first-order chi connectivity index (χ1) is 13.4. The molecule has 1 N–H and O–H groups in total. The van der Waals surface area contributed by atoms with E-state index in [0.29, 0.717) is 32.7 Å². The van der Waals surface area contributed by atoms with Crippen LogP contribution in [-0.4, -0.2) is 72.1 Å². The molecule has 2 heterocycles. The Balaban J connectivity index is 1.59. The van der Waals surface area contributed by atoms with Crippen LogP contribution in [0.4, 0.5) is 0 Å². The van der Waals surface area contributed by atoms with Crippen molar-refractivity contribution in [3.8, 4) is 5.69 Å². The molecule has 0 radical (unpaired) electrons. The van der Waals surface area contributed by atoms with Gasteiger partial charge in [0.2, 0.25) is 15.9 Å². The van der Waals surface area contributed by atoms with Crippen molar-refractivity contribution in [1.29, 1.82) is 0 Å². The number of sulfonamides is 1. The number of para-hydroxylation sites is 1. The Kier molecular flexibility index (Phi) is 6.48. The van der Waals surface area contributed by atoms with Crippen molar-refractivity contribution in [2.24, 2.45) is 0 Å². The highest BCUT2D eigenvalue weighted by atomic mass is 32.2. The van der Waals surface area contributed by atoms with E-state index in [1.807, 2.05) is 49.1 Å². The molecule has 1 amide bonds. The van der Waals surface area contributed by atoms with Gasteiger partial charge in [-0.3, -0.25) is 9.69 Å². The Bertz CT molecular complexity index is 889. The first-order valence-corrected chi connectivity index (χ1v) is 11.0. The quantitative estimate of drug-likeness (QED) is 0.745. The molecule has 1 fully saturated rings. The van der Waals surface area contributed by atoms with Crippen LogP contribution in [0.3, 0.4) is 0 Å². The van der Waals surface area contributed by atoms with Crippen molar-refractivity contribution in [2.45, 2.75) is 31.2 Å². The third-order valence-electron chi connectivity index (χ3n) is 4.94. The van der Waals surface area contributed by atoms with Gasteiger partial charge in [-0.15, -0.1) is 0 Å². The van der Waals surface area contributed by atoms with E-state index in [4.69, 9.17) is 0 Å². The van der Waals surface area contributed by atoms with Gasteiger partial charge in [0.25, 0.3) is 0 Å². The lowest BCUT2D eigenvalue weighted by molar-refractivity contribution is -0.123. The van der Waals surface area contributed by atoms with E-state index in [1.54, 1.807) is 4.68 Å². The molecule has 8 nitrogen and oxygen atoms in total. The van der Waals surface area contributed by atoms with Crippen LogP contribution in [-0.2, 0) is 14.8 Å². The zero-order valence-corrected chi connectivity index (χ0v) is 17.1. The van der Waals surface area contributed by atoms with Gasteiger partial charge in [-0.1, -0.05) is 25.1 Å². The van der Waals surface area contributed by atoms with E-state index in [0.717, 1.165) is 12.1 Å². The molecule has 1 aliphatic rings. The minimum Gasteiger partial charge on any atom is -0.353 e. The molecule has 28 heavy (non-hydrogen) atoms. The molecule has 1 aromatic carbocycles. The molecule has 3 rings (SSSR count). The summed E-state index contributed by atoms with van der Waals surface area (Å²) in [6.45, 7) is 6.06. The maximum absolute atomic E-state index is 12.9. The number of hydrogen-bond acceptors (Lipinski definition) is 5. The average Bonchev–Trinajstić information content (AvgIpc) is 3.20. The van der Waals surface area contributed by atoms with Gasteiger partial charge in [0, 0.05) is 32.2 Å². The number of rotatable bonds is 7. The number of carbonyl (C=O) groups excluding carboxylic acids is 1. The van der Waals surface area contributed by atoms with E-state index in [9.17, 15) is 13.2 Å². The Morgan fingerprint density at radius 1 is 1.18 bits per heavy atom. The van der Waals surface area contributed by atoms with Crippen LogP contribution in [0.2, 0.25) is 0 Å². The smallest absolute Gasteiger partial charge is 0.246 e. The summed E-state index contributed by atoms with van der Waals surface area (Å²) in [6, 6.07) is 9.53. The molecule has 0 aliphatic carbocycles. The maximum atomic E-state index is 12.9. The topological polar surface area (TPSA) is 87.5 Å². The number of nitrogens with one attached hydrogen (secondary N) is 1.